The second-order valence-electron chi connectivity index (χ2n) is 5.68. The fourth-order valence-electron chi connectivity index (χ4n) is 3.34. The van der Waals surface area contributed by atoms with E-state index in [2.05, 4.69) is 72.8 Å². The summed E-state index contributed by atoms with van der Waals surface area (Å²) in [5.41, 5.74) is 12.2. The van der Waals surface area contributed by atoms with E-state index in [-0.39, 0.29) is 0 Å². The van der Waals surface area contributed by atoms with E-state index in [1.165, 1.54) is 11.1 Å². The monoisotopic (exact) mass is 283 g/mol. The highest BCUT2D eigenvalue weighted by molar-refractivity contribution is 5.79. The van der Waals surface area contributed by atoms with Crippen LogP contribution in [0.25, 0.3) is 12.2 Å². The van der Waals surface area contributed by atoms with Crippen molar-refractivity contribution in [1.29, 1.82) is 0 Å². The third kappa shape index (κ3) is 1.83. The van der Waals surface area contributed by atoms with E-state index in [9.17, 15) is 0 Å². The maximum absolute atomic E-state index is 7.06. The van der Waals surface area contributed by atoms with Crippen molar-refractivity contribution >= 4 is 12.2 Å². The zero-order chi connectivity index (χ0) is 15.0. The molecule has 4 rings (SSSR count). The van der Waals surface area contributed by atoms with Crippen LogP contribution < -0.4 is 5.73 Å². The van der Waals surface area contributed by atoms with Gasteiger partial charge >= 0.3 is 0 Å². The molecule has 3 aromatic rings. The number of hydrogen-bond acceptors (Lipinski definition) is 1. The van der Waals surface area contributed by atoms with E-state index in [0.29, 0.717) is 0 Å². The smallest absolute Gasteiger partial charge is 0.0934 e. The molecule has 0 heterocycles. The van der Waals surface area contributed by atoms with Gasteiger partial charge in [-0.2, -0.15) is 0 Å². The van der Waals surface area contributed by atoms with E-state index >= 15 is 0 Å². The summed E-state index contributed by atoms with van der Waals surface area (Å²) in [7, 11) is 0. The summed E-state index contributed by atoms with van der Waals surface area (Å²) in [6.45, 7) is 0. The van der Waals surface area contributed by atoms with Crippen molar-refractivity contribution in [3.63, 3.8) is 0 Å². The molecule has 22 heavy (non-hydrogen) atoms. The van der Waals surface area contributed by atoms with Crippen LogP contribution in [0.2, 0.25) is 0 Å². The summed E-state index contributed by atoms with van der Waals surface area (Å²) in [6, 6.07) is 27.1. The minimum absolute atomic E-state index is 0.641. The molecule has 1 nitrogen and oxygen atoms in total. The first-order valence-electron chi connectivity index (χ1n) is 7.51. The average molecular weight is 283 g/mol. The van der Waals surface area contributed by atoms with Gasteiger partial charge in [0, 0.05) is 0 Å². The highest BCUT2D eigenvalue weighted by Gasteiger charge is 2.35. The summed E-state index contributed by atoms with van der Waals surface area (Å²) in [5.74, 6) is 0. The quantitative estimate of drug-likeness (QED) is 0.703. The van der Waals surface area contributed by atoms with Crippen LogP contribution >= 0.6 is 0 Å². The molecule has 106 valence electrons. The predicted molar refractivity (Wildman–Crippen MR) is 92.3 cm³/mol. The van der Waals surface area contributed by atoms with Crippen LogP contribution in [0.4, 0.5) is 0 Å². The molecule has 0 bridgehead atoms. The molecule has 0 atom stereocenters. The zero-order valence-electron chi connectivity index (χ0n) is 12.2. The van der Waals surface area contributed by atoms with Crippen LogP contribution in [0, 0.1) is 0 Å². The minimum Gasteiger partial charge on any atom is -0.314 e. The number of rotatable bonds is 1. The first-order chi connectivity index (χ1) is 10.8. The van der Waals surface area contributed by atoms with Gasteiger partial charge in [-0.15, -0.1) is 0 Å². The van der Waals surface area contributed by atoms with Gasteiger partial charge in [0.05, 0.1) is 5.54 Å². The first kappa shape index (κ1) is 13.1. The fourth-order valence-corrected chi connectivity index (χ4v) is 3.34. The fraction of sp³-hybridized carbons (Fsp3) is 0.0476. The molecular formula is C21H17N. The second-order valence-corrected chi connectivity index (χ2v) is 5.68. The lowest BCUT2D eigenvalue weighted by Gasteiger charge is -2.33. The molecular weight excluding hydrogens is 266 g/mol. The van der Waals surface area contributed by atoms with Gasteiger partial charge in [-0.3, -0.25) is 0 Å². The Morgan fingerprint density at radius 1 is 0.545 bits per heavy atom. The standard InChI is InChI=1S/C21H17N/c22-21(18-10-2-1-3-11-18)19-12-6-4-8-16(19)14-15-17-9-5-7-13-20(17)21/h1-15H,22H2. The van der Waals surface area contributed by atoms with Gasteiger partial charge in [-0.25, -0.2) is 0 Å². The molecule has 0 unspecified atom stereocenters. The Morgan fingerprint density at radius 2 is 1.00 bits per heavy atom. The Hall–Kier alpha value is -2.64. The van der Waals surface area contributed by atoms with Crippen molar-refractivity contribution in [2.75, 3.05) is 0 Å². The SMILES string of the molecule is NC1(c2ccccc2)c2ccccc2C=Cc2ccccc21. The number of nitrogens with two attached hydrogens (primary N) is 1. The summed E-state index contributed by atoms with van der Waals surface area (Å²) in [4.78, 5) is 0. The van der Waals surface area contributed by atoms with Crippen LogP contribution in [-0.4, -0.2) is 0 Å². The third-order valence-electron chi connectivity index (χ3n) is 4.44. The minimum atomic E-state index is -0.641. The largest absolute Gasteiger partial charge is 0.314 e. The van der Waals surface area contributed by atoms with Crippen LogP contribution in [0.15, 0.2) is 78.9 Å². The molecule has 0 amide bonds. The van der Waals surface area contributed by atoms with Crippen LogP contribution in [0.5, 0.6) is 0 Å². The van der Waals surface area contributed by atoms with Crippen LogP contribution in [0.3, 0.4) is 0 Å². The highest BCUT2D eigenvalue weighted by atomic mass is 14.8. The van der Waals surface area contributed by atoms with Crippen LogP contribution in [-0.2, 0) is 5.54 Å². The maximum atomic E-state index is 7.06. The summed E-state index contributed by atoms with van der Waals surface area (Å²) in [5, 5.41) is 0. The van der Waals surface area contributed by atoms with Gasteiger partial charge < -0.3 is 5.73 Å². The van der Waals surface area contributed by atoms with E-state index in [0.717, 1.165) is 16.7 Å². The molecule has 0 aromatic heterocycles. The molecule has 1 aliphatic carbocycles. The van der Waals surface area contributed by atoms with Gasteiger partial charge in [0.15, 0.2) is 0 Å². The Labute approximate surface area is 130 Å². The molecule has 1 heteroatoms. The van der Waals surface area contributed by atoms with Crippen molar-refractivity contribution in [3.8, 4) is 0 Å². The number of hydrogen-bond donors (Lipinski definition) is 1. The van der Waals surface area contributed by atoms with E-state index in [1.54, 1.807) is 0 Å². The lowest BCUT2D eigenvalue weighted by molar-refractivity contribution is 0.651. The molecule has 3 aromatic carbocycles. The van der Waals surface area contributed by atoms with Gasteiger partial charge in [0.2, 0.25) is 0 Å². The van der Waals surface area contributed by atoms with Crippen molar-refractivity contribution in [2.24, 2.45) is 5.73 Å². The van der Waals surface area contributed by atoms with E-state index in [1.807, 2.05) is 18.2 Å². The predicted octanol–water partition coefficient (Wildman–Crippen LogP) is 4.42. The summed E-state index contributed by atoms with van der Waals surface area (Å²) < 4.78 is 0. The Morgan fingerprint density at radius 3 is 1.55 bits per heavy atom. The molecule has 0 saturated carbocycles. The molecule has 0 fully saturated rings. The summed E-state index contributed by atoms with van der Waals surface area (Å²) in [6.07, 6.45) is 4.32. The first-order valence-corrected chi connectivity index (χ1v) is 7.51. The van der Waals surface area contributed by atoms with Gasteiger partial charge in [-0.05, 0) is 27.8 Å². The topological polar surface area (TPSA) is 26.0 Å². The number of fused-ring (bicyclic) bond motifs is 2. The van der Waals surface area contributed by atoms with Crippen molar-refractivity contribution in [2.45, 2.75) is 5.54 Å². The van der Waals surface area contributed by atoms with E-state index < -0.39 is 5.54 Å². The average Bonchev–Trinajstić information content (AvgIpc) is 2.73. The summed E-state index contributed by atoms with van der Waals surface area (Å²) >= 11 is 0. The molecule has 2 N–H and O–H groups in total. The lowest BCUT2D eigenvalue weighted by Crippen LogP contribution is -2.40. The highest BCUT2D eigenvalue weighted by Crippen LogP contribution is 2.40. The van der Waals surface area contributed by atoms with Gasteiger partial charge in [-0.1, -0.05) is 91.0 Å². The van der Waals surface area contributed by atoms with E-state index in [4.69, 9.17) is 5.73 Å². The van der Waals surface area contributed by atoms with Gasteiger partial charge in [0.25, 0.3) is 0 Å². The Kier molecular flexibility index (Phi) is 2.95. The van der Waals surface area contributed by atoms with Crippen molar-refractivity contribution < 1.29 is 0 Å². The van der Waals surface area contributed by atoms with Gasteiger partial charge in [0.1, 0.15) is 0 Å². The Bertz CT molecular complexity index is 797. The molecule has 0 aliphatic heterocycles. The normalized spacial score (nSPS) is 14.8. The second kappa shape index (κ2) is 4.97. The van der Waals surface area contributed by atoms with Crippen molar-refractivity contribution in [3.05, 3.63) is 107 Å². The Balaban J connectivity index is 2.11. The maximum Gasteiger partial charge on any atom is 0.0934 e. The van der Waals surface area contributed by atoms with Crippen molar-refractivity contribution in [1.82, 2.24) is 0 Å². The van der Waals surface area contributed by atoms with Crippen LogP contribution in [0.1, 0.15) is 27.8 Å². The zero-order valence-corrected chi connectivity index (χ0v) is 12.2. The molecule has 1 aliphatic rings. The third-order valence-corrected chi connectivity index (χ3v) is 4.44. The molecule has 0 radical (unpaired) electrons. The number of benzene rings is 3. The molecule has 0 saturated heterocycles. The molecule has 0 spiro atoms. The lowest BCUT2D eigenvalue weighted by atomic mass is 9.76.